The average Bonchev–Trinajstić information content (AvgIpc) is 2.85. The third-order valence-corrected chi connectivity index (χ3v) is 7.04. The van der Waals surface area contributed by atoms with E-state index in [0.717, 1.165) is 11.5 Å². The molecule has 0 fully saturated rings. The SMILES string of the molecule is CCSc1nc2ccccc2c(=O)n1-c1ccc(-n2c(SCC)nc3ccccc3c2=O)cc1. The van der Waals surface area contributed by atoms with Crippen LogP contribution in [0.5, 0.6) is 0 Å². The molecule has 6 nitrogen and oxygen atoms in total. The van der Waals surface area contributed by atoms with Crippen LogP contribution in [0.1, 0.15) is 13.8 Å². The maximum absolute atomic E-state index is 13.4. The van der Waals surface area contributed by atoms with E-state index in [1.54, 1.807) is 21.3 Å². The molecule has 0 unspecified atom stereocenters. The summed E-state index contributed by atoms with van der Waals surface area (Å²) < 4.78 is 3.28. The second-order valence-electron chi connectivity index (χ2n) is 7.49. The lowest BCUT2D eigenvalue weighted by molar-refractivity contribution is 0.808. The van der Waals surface area contributed by atoms with E-state index in [4.69, 9.17) is 9.97 Å². The summed E-state index contributed by atoms with van der Waals surface area (Å²) in [6.07, 6.45) is 0. The number of thioether (sulfide) groups is 2. The van der Waals surface area contributed by atoms with E-state index in [9.17, 15) is 9.59 Å². The number of aromatic nitrogens is 4. The highest BCUT2D eigenvalue weighted by Crippen LogP contribution is 2.24. The Morgan fingerprint density at radius 1 is 0.618 bits per heavy atom. The summed E-state index contributed by atoms with van der Waals surface area (Å²) in [6.45, 7) is 4.07. The fourth-order valence-electron chi connectivity index (χ4n) is 3.88. The first kappa shape index (κ1) is 22.4. The summed E-state index contributed by atoms with van der Waals surface area (Å²) >= 11 is 3.05. The molecule has 0 saturated carbocycles. The van der Waals surface area contributed by atoms with Crippen molar-refractivity contribution in [2.24, 2.45) is 0 Å². The van der Waals surface area contributed by atoms with Crippen LogP contribution in [-0.2, 0) is 0 Å². The second kappa shape index (κ2) is 9.48. The van der Waals surface area contributed by atoms with Crippen LogP contribution in [0.3, 0.4) is 0 Å². The van der Waals surface area contributed by atoms with Crippen LogP contribution in [0.15, 0.2) is 92.7 Å². The molecule has 170 valence electrons. The number of nitrogens with zero attached hydrogens (tertiary/aromatic N) is 4. The Morgan fingerprint density at radius 3 is 1.38 bits per heavy atom. The van der Waals surface area contributed by atoms with Gasteiger partial charge >= 0.3 is 0 Å². The minimum Gasteiger partial charge on any atom is -0.268 e. The zero-order valence-electron chi connectivity index (χ0n) is 18.8. The maximum Gasteiger partial charge on any atom is 0.266 e. The molecule has 0 aliphatic heterocycles. The fraction of sp³-hybridized carbons (Fsp3) is 0.154. The molecule has 0 aliphatic rings. The molecule has 5 aromatic rings. The number of benzene rings is 3. The summed E-state index contributed by atoms with van der Waals surface area (Å²) in [7, 11) is 0. The molecule has 8 heteroatoms. The molecular weight excluding hydrogens is 464 g/mol. The van der Waals surface area contributed by atoms with Gasteiger partial charge in [0.25, 0.3) is 11.1 Å². The Balaban J connectivity index is 1.68. The number of fused-ring (bicyclic) bond motifs is 2. The van der Waals surface area contributed by atoms with E-state index in [1.165, 1.54) is 23.5 Å². The Labute approximate surface area is 204 Å². The summed E-state index contributed by atoms with van der Waals surface area (Å²) in [6, 6.07) is 22.2. The van der Waals surface area contributed by atoms with Crippen molar-refractivity contribution in [2.45, 2.75) is 24.2 Å². The van der Waals surface area contributed by atoms with E-state index in [-0.39, 0.29) is 11.1 Å². The van der Waals surface area contributed by atoms with Gasteiger partial charge in [-0.25, -0.2) is 9.97 Å². The van der Waals surface area contributed by atoms with Crippen molar-refractivity contribution in [1.29, 1.82) is 0 Å². The molecule has 0 aliphatic carbocycles. The van der Waals surface area contributed by atoms with E-state index in [1.807, 2.05) is 74.5 Å². The van der Waals surface area contributed by atoms with Crippen molar-refractivity contribution >= 4 is 45.3 Å². The molecule has 34 heavy (non-hydrogen) atoms. The molecule has 0 atom stereocenters. The van der Waals surface area contributed by atoms with Gasteiger partial charge in [0.1, 0.15) is 0 Å². The monoisotopic (exact) mass is 486 g/mol. The van der Waals surface area contributed by atoms with Crippen LogP contribution in [0.2, 0.25) is 0 Å². The van der Waals surface area contributed by atoms with Gasteiger partial charge in [0.05, 0.1) is 33.2 Å². The van der Waals surface area contributed by atoms with Crippen LogP contribution in [0, 0.1) is 0 Å². The minimum absolute atomic E-state index is 0.110. The van der Waals surface area contributed by atoms with Gasteiger partial charge in [-0.2, -0.15) is 0 Å². The van der Waals surface area contributed by atoms with E-state index in [0.29, 0.717) is 43.5 Å². The molecule has 0 bridgehead atoms. The zero-order chi connectivity index (χ0) is 23.7. The van der Waals surface area contributed by atoms with Gasteiger partial charge < -0.3 is 0 Å². The van der Waals surface area contributed by atoms with Crippen LogP contribution >= 0.6 is 23.5 Å². The van der Waals surface area contributed by atoms with Crippen LogP contribution in [0.4, 0.5) is 0 Å². The first-order valence-electron chi connectivity index (χ1n) is 11.0. The number of para-hydroxylation sites is 2. The number of rotatable bonds is 6. The van der Waals surface area contributed by atoms with Gasteiger partial charge in [-0.1, -0.05) is 61.6 Å². The Bertz CT molecular complexity index is 1500. The topological polar surface area (TPSA) is 69.8 Å². The fourth-order valence-corrected chi connectivity index (χ4v) is 5.36. The van der Waals surface area contributed by atoms with Gasteiger partial charge in [-0.15, -0.1) is 0 Å². The average molecular weight is 487 g/mol. The third kappa shape index (κ3) is 3.93. The molecule has 0 amide bonds. The molecule has 3 aromatic carbocycles. The summed E-state index contributed by atoms with van der Waals surface area (Å²) in [5.41, 5.74) is 2.56. The molecule has 0 spiro atoms. The predicted molar refractivity (Wildman–Crippen MR) is 141 cm³/mol. The van der Waals surface area contributed by atoms with Gasteiger partial charge in [0.2, 0.25) is 0 Å². The van der Waals surface area contributed by atoms with Crippen molar-refractivity contribution in [3.8, 4) is 11.4 Å². The smallest absolute Gasteiger partial charge is 0.266 e. The Kier molecular flexibility index (Phi) is 6.26. The molecular formula is C26H22N4O2S2. The normalized spacial score (nSPS) is 11.4. The van der Waals surface area contributed by atoms with Crippen molar-refractivity contribution in [2.75, 3.05) is 11.5 Å². The summed E-state index contributed by atoms with van der Waals surface area (Å²) in [4.78, 5) is 36.2. The largest absolute Gasteiger partial charge is 0.268 e. The highest BCUT2D eigenvalue weighted by atomic mass is 32.2. The van der Waals surface area contributed by atoms with Crippen LogP contribution < -0.4 is 11.1 Å². The highest BCUT2D eigenvalue weighted by molar-refractivity contribution is 7.99. The van der Waals surface area contributed by atoms with Gasteiger partial charge in [0, 0.05) is 0 Å². The van der Waals surface area contributed by atoms with Crippen molar-refractivity contribution in [3.63, 3.8) is 0 Å². The predicted octanol–water partition coefficient (Wildman–Crippen LogP) is 5.31. The lowest BCUT2D eigenvalue weighted by atomic mass is 10.2. The number of hydrogen-bond donors (Lipinski definition) is 0. The molecule has 2 heterocycles. The van der Waals surface area contributed by atoms with Gasteiger partial charge in [-0.3, -0.25) is 18.7 Å². The summed E-state index contributed by atoms with van der Waals surface area (Å²) in [5.74, 6) is 1.58. The maximum atomic E-state index is 13.4. The first-order chi connectivity index (χ1) is 16.6. The van der Waals surface area contributed by atoms with E-state index in [2.05, 4.69) is 0 Å². The Hall–Kier alpha value is -3.36. The van der Waals surface area contributed by atoms with Gasteiger partial charge in [-0.05, 0) is 60.0 Å². The lowest BCUT2D eigenvalue weighted by Crippen LogP contribution is -2.23. The van der Waals surface area contributed by atoms with Crippen LogP contribution in [0.25, 0.3) is 33.2 Å². The van der Waals surface area contributed by atoms with Crippen LogP contribution in [-0.4, -0.2) is 30.6 Å². The lowest BCUT2D eigenvalue weighted by Gasteiger charge is -2.15. The minimum atomic E-state index is -0.110. The molecule has 0 saturated heterocycles. The number of hydrogen-bond acceptors (Lipinski definition) is 6. The standard InChI is InChI=1S/C26H22N4O2S2/c1-3-33-25-27-21-11-7-5-9-19(21)23(31)29(25)17-13-15-18(16-14-17)30-24(32)20-10-6-8-12-22(20)28-26(30)34-4-2/h5-16H,3-4H2,1-2H3. The summed E-state index contributed by atoms with van der Waals surface area (Å²) in [5, 5.41) is 2.43. The van der Waals surface area contributed by atoms with Gasteiger partial charge in [0.15, 0.2) is 10.3 Å². The first-order valence-corrected chi connectivity index (χ1v) is 13.0. The van der Waals surface area contributed by atoms with Crippen molar-refractivity contribution < 1.29 is 0 Å². The zero-order valence-corrected chi connectivity index (χ0v) is 20.4. The van der Waals surface area contributed by atoms with Crippen molar-refractivity contribution in [3.05, 3.63) is 93.5 Å². The molecule has 2 aromatic heterocycles. The molecule has 5 rings (SSSR count). The Morgan fingerprint density at radius 2 is 1.00 bits per heavy atom. The third-order valence-electron chi connectivity index (χ3n) is 5.40. The van der Waals surface area contributed by atoms with Crippen molar-refractivity contribution in [1.82, 2.24) is 19.1 Å². The molecule has 0 radical (unpaired) electrons. The quantitative estimate of drug-likeness (QED) is 0.239. The molecule has 0 N–H and O–H groups in total. The highest BCUT2D eigenvalue weighted by Gasteiger charge is 2.15. The van der Waals surface area contributed by atoms with E-state index >= 15 is 0 Å². The second-order valence-corrected chi connectivity index (χ2v) is 9.95. The van der Waals surface area contributed by atoms with E-state index < -0.39 is 0 Å².